The second kappa shape index (κ2) is 75.1. The molecular formula is C85H166O17P2. The number of unbranched alkanes of at least 4 members (excludes halogenated alkanes) is 49. The fraction of sp³-hybridized carbons (Fsp3) is 0.953. The first-order valence-electron chi connectivity index (χ1n) is 43.9. The molecule has 17 nitrogen and oxygen atoms in total. The number of hydrogen-bond donors (Lipinski definition) is 3. The Morgan fingerprint density at radius 1 is 0.279 bits per heavy atom. The molecule has 0 aromatic rings. The van der Waals surface area contributed by atoms with E-state index in [2.05, 4.69) is 48.5 Å². The predicted octanol–water partition coefficient (Wildman–Crippen LogP) is 25.7. The Balaban J connectivity index is 5.24. The van der Waals surface area contributed by atoms with Gasteiger partial charge in [-0.15, -0.1) is 0 Å². The average Bonchev–Trinajstić information content (AvgIpc) is 0.915. The second-order valence-electron chi connectivity index (χ2n) is 31.5. The van der Waals surface area contributed by atoms with Crippen LogP contribution in [-0.4, -0.2) is 96.7 Å². The van der Waals surface area contributed by atoms with E-state index >= 15 is 0 Å². The van der Waals surface area contributed by atoms with Gasteiger partial charge in [-0.25, -0.2) is 9.13 Å². The van der Waals surface area contributed by atoms with Crippen molar-refractivity contribution < 1.29 is 80.2 Å². The highest BCUT2D eigenvalue weighted by Gasteiger charge is 2.30. The van der Waals surface area contributed by atoms with Gasteiger partial charge in [-0.3, -0.25) is 37.3 Å². The van der Waals surface area contributed by atoms with Gasteiger partial charge in [0, 0.05) is 25.7 Å². The first-order chi connectivity index (χ1) is 50.3. The number of ether oxygens (including phenoxy) is 4. The lowest BCUT2D eigenvalue weighted by molar-refractivity contribution is -0.161. The van der Waals surface area contributed by atoms with Gasteiger partial charge in [0.15, 0.2) is 12.2 Å². The summed E-state index contributed by atoms with van der Waals surface area (Å²) >= 11 is 0. The summed E-state index contributed by atoms with van der Waals surface area (Å²) in [6.45, 7) is 12.1. The molecule has 0 radical (unpaired) electrons. The summed E-state index contributed by atoms with van der Waals surface area (Å²) in [4.78, 5) is 73.2. The maximum absolute atomic E-state index is 13.1. The maximum Gasteiger partial charge on any atom is 0.472 e. The van der Waals surface area contributed by atoms with Gasteiger partial charge < -0.3 is 33.8 Å². The zero-order chi connectivity index (χ0) is 76.5. The van der Waals surface area contributed by atoms with Crippen LogP contribution in [0, 0.1) is 17.8 Å². The highest BCUT2D eigenvalue weighted by molar-refractivity contribution is 7.47. The Morgan fingerprint density at radius 2 is 0.490 bits per heavy atom. The minimum absolute atomic E-state index is 0.107. The number of phosphoric acid groups is 2. The van der Waals surface area contributed by atoms with E-state index in [0.29, 0.717) is 25.7 Å². The molecule has 0 bridgehead atoms. The number of hydrogen-bond acceptors (Lipinski definition) is 15. The van der Waals surface area contributed by atoms with Crippen molar-refractivity contribution in [1.29, 1.82) is 0 Å². The average molecular weight is 1520 g/mol. The molecule has 3 N–H and O–H groups in total. The molecule has 0 aliphatic rings. The SMILES string of the molecule is CCCCCCCCCCCCCC(=O)OC[C@H](COP(=O)(O)OC[C@H](O)COP(=O)(O)OC[C@@H](COC(=O)CCCCCCCCCCCCCCCCC(C)CC)OC(=O)CCCCCCCCCCCCCCCCCCCCC(C)C)OC(=O)CCCCCCCCCCCCC(C)CC. The molecule has 19 heteroatoms. The van der Waals surface area contributed by atoms with Crippen LogP contribution < -0.4 is 0 Å². The van der Waals surface area contributed by atoms with Crippen molar-refractivity contribution in [3.8, 4) is 0 Å². The smallest absolute Gasteiger partial charge is 0.462 e. The molecule has 104 heavy (non-hydrogen) atoms. The molecule has 4 unspecified atom stereocenters. The van der Waals surface area contributed by atoms with Crippen molar-refractivity contribution in [3.05, 3.63) is 0 Å². The van der Waals surface area contributed by atoms with Gasteiger partial charge in [0.1, 0.15) is 19.3 Å². The molecule has 618 valence electrons. The van der Waals surface area contributed by atoms with Gasteiger partial charge in [-0.1, -0.05) is 395 Å². The van der Waals surface area contributed by atoms with Crippen LogP contribution in [0.25, 0.3) is 0 Å². The Labute approximate surface area is 638 Å². The van der Waals surface area contributed by atoms with Crippen LogP contribution in [0.1, 0.15) is 447 Å². The molecule has 0 amide bonds. The lowest BCUT2D eigenvalue weighted by atomic mass is 9.99. The number of aliphatic hydroxyl groups is 1. The number of rotatable bonds is 83. The predicted molar refractivity (Wildman–Crippen MR) is 428 cm³/mol. The van der Waals surface area contributed by atoms with Gasteiger partial charge in [-0.05, 0) is 43.4 Å². The minimum atomic E-state index is -4.97. The van der Waals surface area contributed by atoms with Crippen LogP contribution in [0.3, 0.4) is 0 Å². The summed E-state index contributed by atoms with van der Waals surface area (Å²) in [6.07, 6.45) is 65.0. The first-order valence-corrected chi connectivity index (χ1v) is 46.9. The maximum atomic E-state index is 13.1. The van der Waals surface area contributed by atoms with Gasteiger partial charge in [-0.2, -0.15) is 0 Å². The molecule has 0 fully saturated rings. The van der Waals surface area contributed by atoms with Crippen LogP contribution >= 0.6 is 15.6 Å². The third kappa shape index (κ3) is 75.5. The number of carbonyl (C=O) groups excluding carboxylic acids is 4. The highest BCUT2D eigenvalue weighted by Crippen LogP contribution is 2.45. The molecule has 0 aliphatic carbocycles. The van der Waals surface area contributed by atoms with Crippen molar-refractivity contribution in [2.24, 2.45) is 17.8 Å². The van der Waals surface area contributed by atoms with Crippen molar-refractivity contribution in [2.45, 2.75) is 465 Å². The number of aliphatic hydroxyl groups excluding tert-OH is 1. The third-order valence-corrected chi connectivity index (χ3v) is 22.5. The Kier molecular flexibility index (Phi) is 73.7. The van der Waals surface area contributed by atoms with Crippen LogP contribution in [0.2, 0.25) is 0 Å². The molecule has 7 atom stereocenters. The summed E-state index contributed by atoms with van der Waals surface area (Å²) in [5, 5.41) is 10.7. The van der Waals surface area contributed by atoms with Gasteiger partial charge >= 0.3 is 39.5 Å². The zero-order valence-electron chi connectivity index (χ0n) is 68.5. The normalized spacial score (nSPS) is 14.4. The van der Waals surface area contributed by atoms with Crippen molar-refractivity contribution in [3.63, 3.8) is 0 Å². The monoisotopic (exact) mass is 1520 g/mol. The van der Waals surface area contributed by atoms with E-state index in [1.165, 1.54) is 257 Å². The summed E-state index contributed by atoms with van der Waals surface area (Å²) in [5.74, 6) is 0.368. The molecule has 0 saturated carbocycles. The van der Waals surface area contributed by atoms with Crippen LogP contribution in [0.4, 0.5) is 0 Å². The summed E-state index contributed by atoms with van der Waals surface area (Å²) < 4.78 is 68.9. The topological polar surface area (TPSA) is 237 Å². The van der Waals surface area contributed by atoms with E-state index in [9.17, 15) is 43.2 Å². The molecule has 0 aliphatic heterocycles. The molecule has 0 saturated heterocycles. The van der Waals surface area contributed by atoms with Crippen LogP contribution in [0.15, 0.2) is 0 Å². The Hall–Kier alpha value is -1.94. The first kappa shape index (κ1) is 102. The van der Waals surface area contributed by atoms with Gasteiger partial charge in [0.05, 0.1) is 26.4 Å². The number of esters is 4. The van der Waals surface area contributed by atoms with Gasteiger partial charge in [0.25, 0.3) is 0 Å². The lowest BCUT2D eigenvalue weighted by Gasteiger charge is -2.21. The largest absolute Gasteiger partial charge is 0.472 e. The molecule has 0 heterocycles. The standard InChI is InChI=1S/C85H166O17P2/c1-8-11-12-13-14-15-28-38-45-52-59-66-82(87)95-72-81(102-85(90)69-62-55-48-41-34-33-37-44-51-58-65-78(7)10-3)75-100-104(93,94)98-71-79(86)70-97-103(91,92)99-74-80(73-96-83(88)67-60-53-46-39-31-26-23-22-25-30-36-43-50-57-64-77(6)9-2)101-84(89)68-61-54-47-40-32-27-21-19-17-16-18-20-24-29-35-42-49-56-63-76(4)5/h76-81,86H,8-75H2,1-7H3,(H,91,92)(H,93,94)/t77?,78?,79-,80-,81-/m1/s1. The quantitative estimate of drug-likeness (QED) is 0.0222. The minimum Gasteiger partial charge on any atom is -0.462 e. The van der Waals surface area contributed by atoms with E-state index in [1.54, 1.807) is 0 Å². The molecular weight excluding hydrogens is 1350 g/mol. The van der Waals surface area contributed by atoms with E-state index in [0.717, 1.165) is 108 Å². The van der Waals surface area contributed by atoms with Crippen molar-refractivity contribution >= 4 is 39.5 Å². The van der Waals surface area contributed by atoms with Crippen LogP contribution in [-0.2, 0) is 65.4 Å². The highest BCUT2D eigenvalue weighted by atomic mass is 31.2. The fourth-order valence-corrected chi connectivity index (χ4v) is 14.7. The van der Waals surface area contributed by atoms with E-state index in [1.807, 2.05) is 0 Å². The molecule has 0 aromatic carbocycles. The number of phosphoric ester groups is 2. The summed E-state index contributed by atoms with van der Waals surface area (Å²) in [7, 11) is -9.93. The molecule has 0 aromatic heterocycles. The second-order valence-corrected chi connectivity index (χ2v) is 34.4. The number of carbonyl (C=O) groups is 4. The van der Waals surface area contributed by atoms with Crippen molar-refractivity contribution in [2.75, 3.05) is 39.6 Å². The molecule has 0 spiro atoms. The lowest BCUT2D eigenvalue weighted by Crippen LogP contribution is -2.30. The van der Waals surface area contributed by atoms with Crippen LogP contribution in [0.5, 0.6) is 0 Å². The third-order valence-electron chi connectivity index (χ3n) is 20.6. The van der Waals surface area contributed by atoms with Crippen molar-refractivity contribution in [1.82, 2.24) is 0 Å². The summed E-state index contributed by atoms with van der Waals surface area (Å²) in [6, 6.07) is 0. The zero-order valence-corrected chi connectivity index (χ0v) is 70.3. The van der Waals surface area contributed by atoms with E-state index < -0.39 is 97.5 Å². The fourth-order valence-electron chi connectivity index (χ4n) is 13.1. The van der Waals surface area contributed by atoms with E-state index in [4.69, 9.17) is 37.0 Å². The Morgan fingerprint density at radius 3 is 0.731 bits per heavy atom. The van der Waals surface area contributed by atoms with E-state index in [-0.39, 0.29) is 25.7 Å². The van der Waals surface area contributed by atoms with Gasteiger partial charge in [0.2, 0.25) is 0 Å². The molecule has 0 rings (SSSR count). The summed E-state index contributed by atoms with van der Waals surface area (Å²) in [5.41, 5.74) is 0. The Bertz CT molecular complexity index is 2010.